The average Bonchev–Trinajstić information content (AvgIpc) is 3.50. The Hall–Kier alpha value is -4.99. The van der Waals surface area contributed by atoms with Crippen LogP contribution in [0.3, 0.4) is 0 Å². The number of H-pyrrole nitrogens is 1. The summed E-state index contributed by atoms with van der Waals surface area (Å²) in [5.74, 6) is -1.52. The highest BCUT2D eigenvalue weighted by atomic mass is 32.2. The summed E-state index contributed by atoms with van der Waals surface area (Å²) in [5.41, 5.74) is 2.32. The van der Waals surface area contributed by atoms with Crippen LogP contribution in [0.15, 0.2) is 83.8 Å². The number of rotatable bonds is 14. The van der Waals surface area contributed by atoms with Gasteiger partial charge in [-0.2, -0.15) is 5.06 Å². The summed E-state index contributed by atoms with van der Waals surface area (Å²) in [4.78, 5) is 46.6. The van der Waals surface area contributed by atoms with Gasteiger partial charge in [-0.05, 0) is 47.1 Å². The molecule has 0 spiro atoms. The largest absolute Gasteiger partial charge is 0.453 e. The molecule has 0 aliphatic rings. The van der Waals surface area contributed by atoms with Gasteiger partial charge in [0.15, 0.2) is 9.84 Å². The lowest BCUT2D eigenvalue weighted by molar-refractivity contribution is -0.221. The third-order valence-corrected chi connectivity index (χ3v) is 10.7. The molecule has 1 heterocycles. The third-order valence-electron chi connectivity index (χ3n) is 8.68. The number of ether oxygens (including phenoxy) is 2. The summed E-state index contributed by atoms with van der Waals surface area (Å²) >= 11 is 0. The lowest BCUT2D eigenvalue weighted by Crippen LogP contribution is -2.69. The van der Waals surface area contributed by atoms with Crippen molar-refractivity contribution < 1.29 is 37.5 Å². The number of carbonyl (C=O) groups excluding carboxylic acids is 3. The number of hydrogen-bond donors (Lipinski definition) is 4. The van der Waals surface area contributed by atoms with E-state index >= 15 is 0 Å². The van der Waals surface area contributed by atoms with Crippen LogP contribution in [0.1, 0.15) is 52.2 Å². The average molecular weight is 737 g/mol. The fourth-order valence-corrected chi connectivity index (χ4v) is 7.65. The number of amides is 3. The van der Waals surface area contributed by atoms with E-state index in [1.165, 1.54) is 30.3 Å². The summed E-state index contributed by atoms with van der Waals surface area (Å²) in [7, 11) is -2.70. The van der Waals surface area contributed by atoms with E-state index in [0.29, 0.717) is 17.5 Å². The molecule has 2 atom stereocenters. The molecule has 1 aromatic heterocycles. The second-order valence-corrected chi connectivity index (χ2v) is 15.8. The maximum atomic E-state index is 14.9. The minimum atomic E-state index is -3.91. The van der Waals surface area contributed by atoms with Crippen molar-refractivity contribution in [1.29, 1.82) is 0 Å². The molecule has 0 radical (unpaired) electrons. The number of nitrogens with zero attached hydrogens (tertiary/aromatic N) is 3. The number of sulfone groups is 1. The van der Waals surface area contributed by atoms with Gasteiger partial charge in [-0.1, -0.05) is 95.3 Å². The Morgan fingerprint density at radius 2 is 1.60 bits per heavy atom. The third kappa shape index (κ3) is 9.66. The minimum absolute atomic E-state index is 0.00772. The van der Waals surface area contributed by atoms with Gasteiger partial charge in [-0.25, -0.2) is 33.4 Å². The number of carbonyl (C=O) groups is 3. The van der Waals surface area contributed by atoms with Gasteiger partial charge < -0.3 is 19.7 Å². The van der Waals surface area contributed by atoms with Crippen molar-refractivity contribution in [1.82, 2.24) is 25.5 Å². The predicted octanol–water partition coefficient (Wildman–Crippen LogP) is 5.95. The van der Waals surface area contributed by atoms with E-state index in [4.69, 9.17) is 4.74 Å². The Morgan fingerprint density at radius 1 is 0.962 bits per heavy atom. The molecule has 280 valence electrons. The fraction of sp³-hybridized carbons (Fsp3) is 0.405. The van der Waals surface area contributed by atoms with Gasteiger partial charge in [0.1, 0.15) is 12.1 Å². The first-order valence-electron chi connectivity index (χ1n) is 17.0. The van der Waals surface area contributed by atoms with Crippen molar-refractivity contribution in [3.05, 3.63) is 90.0 Å². The summed E-state index contributed by atoms with van der Waals surface area (Å²) in [6, 6.07) is 22.7. The number of aromatic amines is 1. The number of imidazole rings is 1. The number of hydrazine groups is 1. The van der Waals surface area contributed by atoms with Crippen LogP contribution >= 0.6 is 0 Å². The first-order valence-corrected chi connectivity index (χ1v) is 18.6. The van der Waals surface area contributed by atoms with Crippen LogP contribution in [-0.4, -0.2) is 83.2 Å². The number of aromatic nitrogens is 2. The van der Waals surface area contributed by atoms with Crippen molar-refractivity contribution >= 4 is 44.9 Å². The molecule has 4 N–H and O–H groups in total. The van der Waals surface area contributed by atoms with Crippen LogP contribution < -0.4 is 10.7 Å². The molecule has 0 fully saturated rings. The van der Waals surface area contributed by atoms with Crippen LogP contribution in [0.2, 0.25) is 0 Å². The fourth-order valence-electron chi connectivity index (χ4n) is 6.03. The van der Waals surface area contributed by atoms with Crippen LogP contribution in [0.4, 0.5) is 15.5 Å². The van der Waals surface area contributed by atoms with Gasteiger partial charge >= 0.3 is 12.2 Å². The second-order valence-electron chi connectivity index (χ2n) is 13.8. The molecule has 3 amide bonds. The number of benzene rings is 3. The molecule has 0 saturated heterocycles. The maximum absolute atomic E-state index is 14.9. The molecule has 4 aromatic rings. The number of anilines is 1. The molecule has 0 bridgehead atoms. The number of methoxy groups -OCH3 is 1. The Kier molecular flexibility index (Phi) is 13.0. The molecule has 4 rings (SSSR count). The zero-order valence-corrected chi connectivity index (χ0v) is 31.2. The van der Waals surface area contributed by atoms with Crippen molar-refractivity contribution in [2.75, 3.05) is 31.3 Å². The van der Waals surface area contributed by atoms with Crippen molar-refractivity contribution in [3.8, 4) is 0 Å². The topological polar surface area (TPSA) is 183 Å². The second kappa shape index (κ2) is 17.0. The summed E-state index contributed by atoms with van der Waals surface area (Å²) in [5, 5.41) is 16.6. The molecule has 14 nitrogen and oxygen atoms in total. The van der Waals surface area contributed by atoms with Gasteiger partial charge in [-0.3, -0.25) is 10.1 Å². The van der Waals surface area contributed by atoms with Gasteiger partial charge in [0.05, 0.1) is 28.8 Å². The lowest BCUT2D eigenvalue weighted by Gasteiger charge is -2.50. The summed E-state index contributed by atoms with van der Waals surface area (Å²) in [6.45, 7) is 8.90. The highest BCUT2D eigenvalue weighted by Crippen LogP contribution is 2.40. The molecule has 0 aliphatic carbocycles. The van der Waals surface area contributed by atoms with E-state index in [9.17, 15) is 28.0 Å². The monoisotopic (exact) mass is 736 g/mol. The smallest absolute Gasteiger partial charge is 0.426 e. The predicted molar refractivity (Wildman–Crippen MR) is 196 cm³/mol. The van der Waals surface area contributed by atoms with Gasteiger partial charge in [-0.15, -0.1) is 0 Å². The van der Waals surface area contributed by atoms with E-state index in [-0.39, 0.29) is 42.7 Å². The molecule has 0 aliphatic heterocycles. The molecule has 0 saturated carbocycles. The maximum Gasteiger partial charge on any atom is 0.426 e. The van der Waals surface area contributed by atoms with Crippen molar-refractivity contribution in [2.24, 2.45) is 11.3 Å². The number of hydrogen-bond acceptors (Lipinski definition) is 10. The van der Waals surface area contributed by atoms with Gasteiger partial charge in [0.25, 0.3) is 5.91 Å². The molecular weight excluding hydrogens is 689 g/mol. The molecule has 3 aromatic carbocycles. The highest BCUT2D eigenvalue weighted by molar-refractivity contribution is 7.91. The number of hydroxylamine groups is 2. The van der Waals surface area contributed by atoms with E-state index < -0.39 is 44.8 Å². The Balaban J connectivity index is 1.61. The first-order chi connectivity index (χ1) is 24.6. The van der Waals surface area contributed by atoms with Gasteiger partial charge in [0.2, 0.25) is 5.95 Å². The Morgan fingerprint density at radius 3 is 2.19 bits per heavy atom. The van der Waals surface area contributed by atoms with Crippen LogP contribution in [0.25, 0.3) is 11.0 Å². The molecule has 0 unspecified atom stereocenters. The molecular formula is C37H48N6O8S. The lowest BCUT2D eigenvalue weighted by atomic mass is 9.68. The van der Waals surface area contributed by atoms with Crippen LogP contribution in [0, 0.1) is 11.3 Å². The minimum Gasteiger partial charge on any atom is -0.453 e. The van der Waals surface area contributed by atoms with Gasteiger partial charge in [0, 0.05) is 19.5 Å². The van der Waals surface area contributed by atoms with Crippen LogP contribution in [-0.2, 0) is 37.1 Å². The molecule has 15 heteroatoms. The Labute approximate surface area is 304 Å². The van der Waals surface area contributed by atoms with E-state index in [0.717, 1.165) is 16.2 Å². The zero-order valence-electron chi connectivity index (χ0n) is 30.4. The van der Waals surface area contributed by atoms with Crippen LogP contribution in [0.5, 0.6) is 0 Å². The normalized spacial score (nSPS) is 13.6. The summed E-state index contributed by atoms with van der Waals surface area (Å²) in [6.07, 6.45) is -1.04. The first kappa shape index (κ1) is 39.8. The van der Waals surface area contributed by atoms with E-state index in [1.54, 1.807) is 6.92 Å². The summed E-state index contributed by atoms with van der Waals surface area (Å²) < 4.78 is 37.4. The highest BCUT2D eigenvalue weighted by Gasteiger charge is 2.55. The zero-order chi connectivity index (χ0) is 38.1. The standard InChI is InChI=1S/C37H48N6O8S/c1-7-20-42(41-35(46)51-24-28-16-12-9-13-17-28)32(44)37(36(3,4)5,22-27-14-10-8-11-15-27)43(47)23-26(2)25-52(48,49)29-18-19-30-31(21-29)39-33(38-30)40-34(45)50-6/h8-19,21,26,47H,7,20,22-25H2,1-6H3,(H,41,46)(H2,38,39,40,45)/t26-,37-/m1/s1. The van der Waals surface area contributed by atoms with E-state index in [2.05, 4.69) is 25.4 Å². The number of fused-ring (bicyclic) bond motifs is 1. The van der Waals surface area contributed by atoms with Crippen molar-refractivity contribution in [3.63, 3.8) is 0 Å². The van der Waals surface area contributed by atoms with E-state index in [1.807, 2.05) is 88.4 Å². The Bertz CT molecular complexity index is 1930. The molecule has 52 heavy (non-hydrogen) atoms. The number of nitrogens with one attached hydrogen (secondary N) is 3. The quantitative estimate of drug-likeness (QED) is 0.113. The SMILES string of the molecule is CCCN(NC(=O)OCc1ccccc1)C(=O)[C@@](Cc1ccccc1)(N(O)C[C@@H](C)CS(=O)(=O)c1ccc2nc(NC(=O)OC)[nH]c2c1)C(C)(C)C. The van der Waals surface area contributed by atoms with Crippen molar-refractivity contribution in [2.45, 2.75) is 64.5 Å².